The third-order valence-corrected chi connectivity index (χ3v) is 5.16. The average molecular weight is 478 g/mol. The zero-order valence-electron chi connectivity index (χ0n) is 13.3. The summed E-state index contributed by atoms with van der Waals surface area (Å²) in [7, 11) is 0. The highest BCUT2D eigenvalue weighted by Crippen LogP contribution is 2.39. The minimum atomic E-state index is -0.526. The smallest absolute Gasteiger partial charge is 0.336 e. The van der Waals surface area contributed by atoms with Crippen molar-refractivity contribution >= 4 is 54.7 Å². The molecule has 26 heavy (non-hydrogen) atoms. The van der Waals surface area contributed by atoms with E-state index in [0.29, 0.717) is 21.2 Å². The van der Waals surface area contributed by atoms with Gasteiger partial charge in [0.1, 0.15) is 17.1 Å². The Bertz CT molecular complexity index is 1190. The molecule has 0 spiro atoms. The van der Waals surface area contributed by atoms with Gasteiger partial charge in [-0.25, -0.2) is 4.79 Å². The number of carbonyl (C=O) groups is 1. The predicted molar refractivity (Wildman–Crippen MR) is 104 cm³/mol. The highest BCUT2D eigenvalue weighted by molar-refractivity contribution is 9.11. The number of carbonyl (C=O) groups excluding carboxylic acids is 1. The van der Waals surface area contributed by atoms with Crippen LogP contribution in [0.4, 0.5) is 0 Å². The Kier molecular flexibility index (Phi) is 4.00. The number of phenolic OH excluding ortho intramolecular Hbond substituents is 1. The number of rotatable bonds is 1. The first kappa shape index (κ1) is 17.1. The molecule has 130 valence electrons. The van der Waals surface area contributed by atoms with Crippen molar-refractivity contribution in [3.8, 4) is 11.5 Å². The van der Waals surface area contributed by atoms with E-state index in [-0.39, 0.29) is 22.7 Å². The summed E-state index contributed by atoms with van der Waals surface area (Å²) in [6.07, 6.45) is 1.45. The monoisotopic (exact) mass is 476 g/mol. The van der Waals surface area contributed by atoms with Crippen molar-refractivity contribution in [2.75, 3.05) is 0 Å². The van der Waals surface area contributed by atoms with E-state index in [4.69, 9.17) is 9.15 Å². The van der Waals surface area contributed by atoms with E-state index < -0.39 is 11.4 Å². The first-order valence-corrected chi connectivity index (χ1v) is 9.13. The van der Waals surface area contributed by atoms with Gasteiger partial charge in [-0.05, 0) is 58.8 Å². The predicted octanol–water partition coefficient (Wildman–Crippen LogP) is 4.95. The van der Waals surface area contributed by atoms with Crippen molar-refractivity contribution in [3.63, 3.8) is 0 Å². The molecule has 0 saturated heterocycles. The average Bonchev–Trinajstić information content (AvgIpc) is 2.88. The molecule has 2 aromatic carbocycles. The van der Waals surface area contributed by atoms with Crippen LogP contribution in [0.2, 0.25) is 0 Å². The maximum Gasteiger partial charge on any atom is 0.336 e. The van der Waals surface area contributed by atoms with Crippen LogP contribution in [0.3, 0.4) is 0 Å². The molecule has 1 aliphatic heterocycles. The van der Waals surface area contributed by atoms with Gasteiger partial charge in [-0.15, -0.1) is 0 Å². The van der Waals surface area contributed by atoms with E-state index in [1.165, 1.54) is 12.1 Å². The van der Waals surface area contributed by atoms with Crippen molar-refractivity contribution in [2.24, 2.45) is 0 Å². The van der Waals surface area contributed by atoms with Gasteiger partial charge in [0.05, 0.1) is 4.47 Å². The van der Waals surface area contributed by atoms with Gasteiger partial charge in [0.15, 0.2) is 11.3 Å². The second-order valence-corrected chi connectivity index (χ2v) is 7.60. The lowest BCUT2D eigenvalue weighted by atomic mass is 10.0. The highest BCUT2D eigenvalue weighted by Gasteiger charge is 2.31. The van der Waals surface area contributed by atoms with Gasteiger partial charge in [-0.1, -0.05) is 15.9 Å². The van der Waals surface area contributed by atoms with Crippen molar-refractivity contribution < 1.29 is 19.1 Å². The summed E-state index contributed by atoms with van der Waals surface area (Å²) in [6, 6.07) is 8.14. The Balaban J connectivity index is 1.90. The summed E-state index contributed by atoms with van der Waals surface area (Å²) in [5, 5.41) is 10.9. The van der Waals surface area contributed by atoms with Crippen LogP contribution >= 0.6 is 31.9 Å². The molecule has 0 saturated carbocycles. The summed E-state index contributed by atoms with van der Waals surface area (Å²) < 4.78 is 12.1. The summed E-state index contributed by atoms with van der Waals surface area (Å²) >= 11 is 6.60. The molecule has 0 aliphatic carbocycles. The molecule has 0 fully saturated rings. The summed E-state index contributed by atoms with van der Waals surface area (Å²) in [5.74, 6) is -0.0665. The largest absolute Gasteiger partial charge is 0.506 e. The molecule has 0 radical (unpaired) electrons. The van der Waals surface area contributed by atoms with Gasteiger partial charge in [-0.2, -0.15) is 0 Å². The van der Waals surface area contributed by atoms with Crippen LogP contribution in [-0.4, -0.2) is 10.9 Å². The highest BCUT2D eigenvalue weighted by atomic mass is 79.9. The lowest BCUT2D eigenvalue weighted by Crippen LogP contribution is -2.02. The first-order chi connectivity index (χ1) is 12.3. The molecular formula is C19H10Br2O5. The van der Waals surface area contributed by atoms with Crippen LogP contribution in [0.5, 0.6) is 11.5 Å². The van der Waals surface area contributed by atoms with Crippen molar-refractivity contribution in [2.45, 2.75) is 6.92 Å². The van der Waals surface area contributed by atoms with E-state index in [2.05, 4.69) is 31.9 Å². The molecular weight excluding hydrogens is 468 g/mol. The normalized spacial score (nSPS) is 14.7. The second-order valence-electron chi connectivity index (χ2n) is 5.83. The van der Waals surface area contributed by atoms with Gasteiger partial charge < -0.3 is 14.3 Å². The lowest BCUT2D eigenvalue weighted by Gasteiger charge is -2.04. The Morgan fingerprint density at radius 2 is 1.88 bits per heavy atom. The van der Waals surface area contributed by atoms with Crippen molar-refractivity contribution in [3.05, 3.63) is 72.1 Å². The number of fused-ring (bicyclic) bond motifs is 3. The van der Waals surface area contributed by atoms with E-state index in [1.807, 2.05) is 0 Å². The number of allylic oxidation sites excluding steroid dienone is 1. The molecule has 2 heterocycles. The molecule has 0 atom stereocenters. The summed E-state index contributed by atoms with van der Waals surface area (Å²) in [5.41, 5.74) is 1.02. The maximum atomic E-state index is 12.9. The molecule has 7 heteroatoms. The number of aromatic hydroxyl groups is 1. The van der Waals surface area contributed by atoms with Crippen LogP contribution < -0.4 is 10.4 Å². The van der Waals surface area contributed by atoms with Crippen LogP contribution in [0.1, 0.15) is 21.5 Å². The van der Waals surface area contributed by atoms with Crippen LogP contribution in [0.15, 0.2) is 54.2 Å². The summed E-state index contributed by atoms with van der Waals surface area (Å²) in [4.78, 5) is 24.6. The minimum Gasteiger partial charge on any atom is -0.506 e. The summed E-state index contributed by atoms with van der Waals surface area (Å²) in [6.45, 7) is 1.78. The zero-order valence-corrected chi connectivity index (χ0v) is 16.5. The fourth-order valence-corrected chi connectivity index (χ4v) is 4.14. The Morgan fingerprint density at radius 1 is 1.12 bits per heavy atom. The second kappa shape index (κ2) is 6.10. The number of aryl methyl sites for hydroxylation is 1. The van der Waals surface area contributed by atoms with Crippen molar-refractivity contribution in [1.82, 2.24) is 0 Å². The van der Waals surface area contributed by atoms with Crippen molar-refractivity contribution in [1.29, 1.82) is 0 Å². The molecule has 0 bridgehead atoms. The molecule has 0 amide bonds. The number of phenols is 1. The minimum absolute atomic E-state index is 0.0136. The quantitative estimate of drug-likeness (QED) is 0.396. The van der Waals surface area contributed by atoms with Gasteiger partial charge in [-0.3, -0.25) is 4.79 Å². The number of Topliss-reactive ketones (excluding diaryl/α,β-unsaturated/α-hetero) is 1. The maximum absolute atomic E-state index is 12.9. The standard InChI is InChI=1S/C19H10Br2O5/c1-8-4-15(22)26-19-11(8)2-3-13-16(19)18(24)14(25-13)6-9-5-10(20)7-12(21)17(9)23/h2-7,23H,1H3/b14-6+. The lowest BCUT2D eigenvalue weighted by molar-refractivity contribution is 0.101. The molecule has 1 N–H and O–H groups in total. The number of hydrogen-bond donors (Lipinski definition) is 1. The number of halogens is 2. The fraction of sp³-hybridized carbons (Fsp3) is 0.0526. The van der Waals surface area contributed by atoms with E-state index >= 15 is 0 Å². The van der Waals surface area contributed by atoms with Crippen LogP contribution in [-0.2, 0) is 0 Å². The zero-order chi connectivity index (χ0) is 18.6. The SMILES string of the molecule is Cc1cc(=O)oc2c3c(ccc12)O/C(=C/c1cc(Br)cc(Br)c1O)C3=O. The molecule has 1 aliphatic rings. The molecule has 0 unspecified atom stereocenters. The number of ketones is 1. The third kappa shape index (κ3) is 2.68. The topological polar surface area (TPSA) is 76.7 Å². The number of hydrogen-bond acceptors (Lipinski definition) is 5. The van der Waals surface area contributed by atoms with E-state index in [9.17, 15) is 14.7 Å². The number of ether oxygens (including phenoxy) is 1. The molecule has 4 rings (SSSR count). The molecule has 1 aromatic heterocycles. The van der Waals surface area contributed by atoms with E-state index in [1.54, 1.807) is 31.2 Å². The third-order valence-electron chi connectivity index (χ3n) is 4.10. The van der Waals surface area contributed by atoms with Gasteiger partial charge >= 0.3 is 5.63 Å². The fourth-order valence-electron chi connectivity index (χ4n) is 2.89. The van der Waals surface area contributed by atoms with Gasteiger partial charge in [0.2, 0.25) is 5.78 Å². The van der Waals surface area contributed by atoms with Gasteiger partial charge in [0, 0.05) is 21.5 Å². The molecule has 3 aromatic rings. The van der Waals surface area contributed by atoms with Gasteiger partial charge in [0.25, 0.3) is 0 Å². The number of benzene rings is 2. The Morgan fingerprint density at radius 3 is 2.65 bits per heavy atom. The van der Waals surface area contributed by atoms with Crippen LogP contribution in [0.25, 0.3) is 17.0 Å². The Hall–Kier alpha value is -2.38. The van der Waals surface area contributed by atoms with E-state index in [0.717, 1.165) is 10.0 Å². The Labute approximate surface area is 164 Å². The first-order valence-electron chi connectivity index (χ1n) is 7.55. The molecule has 5 nitrogen and oxygen atoms in total. The van der Waals surface area contributed by atoms with Crippen LogP contribution in [0, 0.1) is 6.92 Å².